The van der Waals surface area contributed by atoms with Gasteiger partial charge in [-0.3, -0.25) is 10.1 Å². The minimum Gasteiger partial charge on any atom is -0.497 e. The Balaban J connectivity index is 1.93. The normalized spacial score (nSPS) is 10.0. The van der Waals surface area contributed by atoms with Crippen molar-refractivity contribution < 1.29 is 19.2 Å². The van der Waals surface area contributed by atoms with Gasteiger partial charge >= 0.3 is 6.03 Å². The zero-order valence-electron chi connectivity index (χ0n) is 13.9. The first kappa shape index (κ1) is 18.1. The number of non-ortho nitro benzene ring substituents is 1. The Hall–Kier alpha value is -3.29. The van der Waals surface area contributed by atoms with E-state index in [0.29, 0.717) is 18.7 Å². The van der Waals surface area contributed by atoms with Crippen LogP contribution in [0.2, 0.25) is 0 Å². The fourth-order valence-electron chi connectivity index (χ4n) is 2.22. The average molecular weight is 345 g/mol. The Labute approximate surface area is 144 Å². The van der Waals surface area contributed by atoms with Gasteiger partial charge in [0.05, 0.1) is 24.8 Å². The highest BCUT2D eigenvalue weighted by Crippen LogP contribution is 2.28. The molecule has 0 aliphatic carbocycles. The molecule has 0 fully saturated rings. The van der Waals surface area contributed by atoms with Crippen molar-refractivity contribution in [2.24, 2.45) is 0 Å². The molecule has 2 amide bonds. The maximum atomic E-state index is 12.0. The Morgan fingerprint density at radius 1 is 1.16 bits per heavy atom. The lowest BCUT2D eigenvalue weighted by Gasteiger charge is -2.11. The van der Waals surface area contributed by atoms with Crippen molar-refractivity contribution in [3.63, 3.8) is 0 Å². The van der Waals surface area contributed by atoms with Crippen LogP contribution in [0.1, 0.15) is 5.56 Å². The highest BCUT2D eigenvalue weighted by atomic mass is 16.6. The van der Waals surface area contributed by atoms with E-state index in [0.717, 1.165) is 11.3 Å². The van der Waals surface area contributed by atoms with E-state index in [1.807, 2.05) is 24.3 Å². The van der Waals surface area contributed by atoms with Crippen LogP contribution in [0.3, 0.4) is 0 Å². The van der Waals surface area contributed by atoms with Gasteiger partial charge in [0.15, 0.2) is 0 Å². The first-order valence-corrected chi connectivity index (χ1v) is 7.53. The topological polar surface area (TPSA) is 103 Å². The summed E-state index contributed by atoms with van der Waals surface area (Å²) in [6.07, 6.45) is 0.622. The van der Waals surface area contributed by atoms with Gasteiger partial charge in [-0.2, -0.15) is 0 Å². The molecule has 0 aliphatic rings. The van der Waals surface area contributed by atoms with Crippen LogP contribution in [0, 0.1) is 10.1 Å². The molecule has 8 heteroatoms. The van der Waals surface area contributed by atoms with Crippen LogP contribution in [0.15, 0.2) is 42.5 Å². The van der Waals surface area contributed by atoms with Gasteiger partial charge in [0, 0.05) is 18.7 Å². The molecule has 0 atom stereocenters. The van der Waals surface area contributed by atoms with Crippen LogP contribution in [-0.4, -0.2) is 31.7 Å². The summed E-state index contributed by atoms with van der Waals surface area (Å²) in [5.41, 5.74) is 1.12. The van der Waals surface area contributed by atoms with Crippen molar-refractivity contribution in [1.82, 2.24) is 5.32 Å². The second kappa shape index (κ2) is 8.53. The van der Waals surface area contributed by atoms with Gasteiger partial charge < -0.3 is 20.1 Å². The molecule has 2 aromatic rings. The number of amides is 2. The minimum atomic E-state index is -0.536. The van der Waals surface area contributed by atoms with Crippen LogP contribution < -0.4 is 20.1 Å². The van der Waals surface area contributed by atoms with E-state index in [-0.39, 0.29) is 11.4 Å². The second-order valence-electron chi connectivity index (χ2n) is 5.12. The number of benzene rings is 2. The number of hydrogen-bond donors (Lipinski definition) is 2. The van der Waals surface area contributed by atoms with E-state index in [9.17, 15) is 14.9 Å². The number of methoxy groups -OCH3 is 2. The average Bonchev–Trinajstić information content (AvgIpc) is 2.61. The lowest BCUT2D eigenvalue weighted by atomic mass is 10.1. The molecule has 0 aromatic heterocycles. The fourth-order valence-corrected chi connectivity index (χ4v) is 2.22. The number of carbonyl (C=O) groups is 1. The summed E-state index contributed by atoms with van der Waals surface area (Å²) < 4.78 is 10.2. The SMILES string of the molecule is COc1cccc(CCNC(=O)Nc2cc([N+](=O)[O-])ccc2OC)c1. The van der Waals surface area contributed by atoms with E-state index < -0.39 is 11.0 Å². The molecule has 2 rings (SSSR count). The molecule has 132 valence electrons. The lowest BCUT2D eigenvalue weighted by molar-refractivity contribution is -0.384. The Morgan fingerprint density at radius 3 is 2.64 bits per heavy atom. The predicted octanol–water partition coefficient (Wildman–Crippen LogP) is 2.98. The van der Waals surface area contributed by atoms with Crippen LogP contribution in [0.25, 0.3) is 0 Å². The van der Waals surface area contributed by atoms with E-state index in [2.05, 4.69) is 10.6 Å². The Kier molecular flexibility index (Phi) is 6.16. The van der Waals surface area contributed by atoms with E-state index in [1.165, 1.54) is 25.3 Å². The number of ether oxygens (including phenoxy) is 2. The molecular formula is C17H19N3O5. The van der Waals surface area contributed by atoms with Crippen molar-refractivity contribution in [2.75, 3.05) is 26.1 Å². The zero-order valence-corrected chi connectivity index (χ0v) is 13.9. The van der Waals surface area contributed by atoms with Crippen LogP contribution >= 0.6 is 0 Å². The van der Waals surface area contributed by atoms with Crippen LogP contribution in [-0.2, 0) is 6.42 Å². The highest BCUT2D eigenvalue weighted by Gasteiger charge is 2.13. The van der Waals surface area contributed by atoms with Crippen LogP contribution in [0.5, 0.6) is 11.5 Å². The maximum Gasteiger partial charge on any atom is 0.319 e. The molecule has 0 aliphatic heterocycles. The first-order chi connectivity index (χ1) is 12.0. The summed E-state index contributed by atoms with van der Waals surface area (Å²) >= 11 is 0. The number of nitrogens with zero attached hydrogens (tertiary/aromatic N) is 1. The number of rotatable bonds is 7. The number of urea groups is 1. The quantitative estimate of drug-likeness (QED) is 0.593. The van der Waals surface area contributed by atoms with Gasteiger partial charge in [-0.15, -0.1) is 0 Å². The van der Waals surface area contributed by atoms with Gasteiger partial charge in [-0.25, -0.2) is 4.79 Å². The molecule has 0 heterocycles. The van der Waals surface area contributed by atoms with Crippen molar-refractivity contribution in [3.05, 3.63) is 58.1 Å². The molecule has 0 spiro atoms. The molecule has 0 unspecified atom stereocenters. The highest BCUT2D eigenvalue weighted by molar-refractivity contribution is 5.91. The van der Waals surface area contributed by atoms with Gasteiger partial charge in [0.2, 0.25) is 0 Å². The second-order valence-corrected chi connectivity index (χ2v) is 5.12. The predicted molar refractivity (Wildman–Crippen MR) is 93.4 cm³/mol. The zero-order chi connectivity index (χ0) is 18.2. The molecule has 0 bridgehead atoms. The minimum absolute atomic E-state index is 0.132. The van der Waals surface area contributed by atoms with E-state index in [1.54, 1.807) is 7.11 Å². The first-order valence-electron chi connectivity index (χ1n) is 7.53. The number of carbonyl (C=O) groups excluding carboxylic acids is 1. The van der Waals surface area contributed by atoms with Crippen molar-refractivity contribution in [1.29, 1.82) is 0 Å². The van der Waals surface area contributed by atoms with E-state index >= 15 is 0 Å². The molecular weight excluding hydrogens is 326 g/mol. The number of nitro benzene ring substituents is 1. The fraction of sp³-hybridized carbons (Fsp3) is 0.235. The molecule has 25 heavy (non-hydrogen) atoms. The summed E-state index contributed by atoms with van der Waals surface area (Å²) in [6, 6.07) is 11.1. The molecule has 2 N–H and O–H groups in total. The van der Waals surface area contributed by atoms with Crippen molar-refractivity contribution >= 4 is 17.4 Å². The van der Waals surface area contributed by atoms with Gasteiger partial charge in [-0.05, 0) is 30.2 Å². The standard InChI is InChI=1S/C17H19N3O5/c1-24-14-5-3-4-12(10-14)8-9-18-17(21)19-15-11-13(20(22)23)6-7-16(15)25-2/h3-7,10-11H,8-9H2,1-2H3,(H2,18,19,21). The van der Waals surface area contributed by atoms with Gasteiger partial charge in [0.1, 0.15) is 11.5 Å². The van der Waals surface area contributed by atoms with Crippen LogP contribution in [0.4, 0.5) is 16.2 Å². The Morgan fingerprint density at radius 2 is 1.96 bits per heavy atom. The number of hydrogen-bond acceptors (Lipinski definition) is 5. The largest absolute Gasteiger partial charge is 0.497 e. The number of anilines is 1. The third-order valence-corrected chi connectivity index (χ3v) is 3.48. The number of nitrogens with one attached hydrogen (secondary N) is 2. The molecule has 8 nitrogen and oxygen atoms in total. The smallest absolute Gasteiger partial charge is 0.319 e. The lowest BCUT2D eigenvalue weighted by Crippen LogP contribution is -2.30. The summed E-state index contributed by atoms with van der Waals surface area (Å²) in [5, 5.41) is 16.1. The summed E-state index contributed by atoms with van der Waals surface area (Å²) in [6.45, 7) is 0.399. The van der Waals surface area contributed by atoms with E-state index in [4.69, 9.17) is 9.47 Å². The monoisotopic (exact) mass is 345 g/mol. The molecule has 0 saturated carbocycles. The maximum absolute atomic E-state index is 12.0. The summed E-state index contributed by atoms with van der Waals surface area (Å²) in [5.74, 6) is 1.09. The third-order valence-electron chi connectivity index (χ3n) is 3.48. The summed E-state index contributed by atoms with van der Waals surface area (Å²) in [4.78, 5) is 22.3. The van der Waals surface area contributed by atoms with Gasteiger partial charge in [0.25, 0.3) is 5.69 Å². The van der Waals surface area contributed by atoms with Gasteiger partial charge in [-0.1, -0.05) is 12.1 Å². The van der Waals surface area contributed by atoms with Crippen molar-refractivity contribution in [2.45, 2.75) is 6.42 Å². The molecule has 0 radical (unpaired) electrons. The van der Waals surface area contributed by atoms with Crippen molar-refractivity contribution in [3.8, 4) is 11.5 Å². The molecule has 2 aromatic carbocycles. The third kappa shape index (κ3) is 5.10. The Bertz CT molecular complexity index is 764. The number of nitro groups is 1. The molecule has 0 saturated heterocycles. The summed E-state index contributed by atoms with van der Waals surface area (Å²) in [7, 11) is 3.02.